The Hall–Kier alpha value is -1.92. The van der Waals surface area contributed by atoms with Crippen LogP contribution in [0.4, 0.5) is 0 Å². The Morgan fingerprint density at radius 2 is 2.00 bits per heavy atom. The molecule has 1 atom stereocenters. The van der Waals surface area contributed by atoms with Crippen LogP contribution in [0.1, 0.15) is 36.1 Å². The Balaban J connectivity index is 1.55. The van der Waals surface area contributed by atoms with Gasteiger partial charge >= 0.3 is 0 Å². The number of aryl methyl sites for hydroxylation is 1. The van der Waals surface area contributed by atoms with E-state index in [0.29, 0.717) is 11.6 Å². The lowest BCUT2D eigenvalue weighted by molar-refractivity contribution is -0.132. The quantitative estimate of drug-likeness (QED) is 0.788. The van der Waals surface area contributed by atoms with Gasteiger partial charge in [-0.05, 0) is 38.8 Å². The predicted octanol–water partition coefficient (Wildman–Crippen LogP) is 3.69. The van der Waals surface area contributed by atoms with E-state index in [0.717, 1.165) is 40.4 Å². The summed E-state index contributed by atoms with van der Waals surface area (Å²) in [5.41, 5.74) is 1.91. The average Bonchev–Trinajstić information content (AvgIpc) is 2.92. The molecule has 1 aromatic carbocycles. The largest absolute Gasteiger partial charge is 0.348 e. The van der Waals surface area contributed by atoms with Crippen LogP contribution in [0.3, 0.4) is 0 Å². The molecular formula is C19H22ClN3O2S. The molecule has 1 saturated carbocycles. The summed E-state index contributed by atoms with van der Waals surface area (Å²) in [6, 6.07) is 7.00. The number of halogens is 1. The number of nitrogens with zero attached hydrogens (tertiary/aromatic N) is 1. The van der Waals surface area contributed by atoms with Crippen LogP contribution in [0, 0.1) is 12.8 Å². The topological polar surface area (TPSA) is 71.1 Å². The van der Waals surface area contributed by atoms with Gasteiger partial charge in [0.15, 0.2) is 0 Å². The molecule has 5 nitrogen and oxygen atoms in total. The lowest BCUT2D eigenvalue weighted by atomic mass is 9.84. The summed E-state index contributed by atoms with van der Waals surface area (Å²) in [5, 5.41) is 7.16. The van der Waals surface area contributed by atoms with Crippen LogP contribution in [0.25, 0.3) is 11.3 Å². The second kappa shape index (κ2) is 8.18. The van der Waals surface area contributed by atoms with Crippen molar-refractivity contribution in [1.82, 2.24) is 15.6 Å². The molecule has 1 aromatic heterocycles. The summed E-state index contributed by atoms with van der Waals surface area (Å²) < 4.78 is 0. The number of carbonyl (C=O) groups excluding carboxylic acids is 2. The van der Waals surface area contributed by atoms with Crippen molar-refractivity contribution in [3.63, 3.8) is 0 Å². The number of nitrogens with one attached hydrogen (secondary N) is 2. The van der Waals surface area contributed by atoms with Crippen molar-refractivity contribution in [2.24, 2.45) is 5.92 Å². The van der Waals surface area contributed by atoms with Gasteiger partial charge in [0, 0.05) is 21.4 Å². The zero-order valence-electron chi connectivity index (χ0n) is 14.8. The van der Waals surface area contributed by atoms with E-state index in [1.165, 1.54) is 0 Å². The van der Waals surface area contributed by atoms with E-state index in [2.05, 4.69) is 15.6 Å². The molecule has 2 aromatic rings. The Morgan fingerprint density at radius 3 is 2.62 bits per heavy atom. The molecule has 1 fully saturated rings. The fourth-order valence-corrected chi connectivity index (χ4v) is 3.81. The van der Waals surface area contributed by atoms with Crippen molar-refractivity contribution in [2.45, 2.75) is 45.7 Å². The maximum atomic E-state index is 12.2. The summed E-state index contributed by atoms with van der Waals surface area (Å²) in [7, 11) is 0. The number of rotatable bonds is 6. The third-order valence-corrected chi connectivity index (χ3v) is 5.82. The molecule has 138 valence electrons. The first kappa shape index (κ1) is 18.9. The standard InChI is InChI=1S/C19H22ClN3O2S/c1-11(22-19(25)14-4-3-5-14)18(24)21-10-16-23-17(12(2)26-16)13-6-8-15(20)9-7-13/h6-9,11,14H,3-5,10H2,1-2H3,(H,21,24)(H,22,25). The zero-order chi connectivity index (χ0) is 18.7. The van der Waals surface area contributed by atoms with Gasteiger partial charge in [-0.15, -0.1) is 11.3 Å². The van der Waals surface area contributed by atoms with Gasteiger partial charge in [-0.25, -0.2) is 4.98 Å². The molecule has 7 heteroatoms. The van der Waals surface area contributed by atoms with Crippen molar-refractivity contribution in [3.8, 4) is 11.3 Å². The second-order valence-electron chi connectivity index (χ2n) is 6.60. The lowest BCUT2D eigenvalue weighted by Crippen LogP contribution is -2.47. The number of amides is 2. The van der Waals surface area contributed by atoms with E-state index >= 15 is 0 Å². The molecule has 1 unspecified atom stereocenters. The van der Waals surface area contributed by atoms with Crippen molar-refractivity contribution < 1.29 is 9.59 Å². The first-order chi connectivity index (χ1) is 12.4. The minimum Gasteiger partial charge on any atom is -0.348 e. The number of hydrogen-bond donors (Lipinski definition) is 2. The van der Waals surface area contributed by atoms with Crippen LogP contribution in [0.15, 0.2) is 24.3 Å². The van der Waals surface area contributed by atoms with Crippen molar-refractivity contribution in [3.05, 3.63) is 39.2 Å². The molecule has 26 heavy (non-hydrogen) atoms. The third-order valence-electron chi connectivity index (χ3n) is 4.60. The summed E-state index contributed by atoms with van der Waals surface area (Å²) in [4.78, 5) is 29.9. The summed E-state index contributed by atoms with van der Waals surface area (Å²) in [5.74, 6) is -0.138. The molecule has 0 spiro atoms. The maximum Gasteiger partial charge on any atom is 0.242 e. The summed E-state index contributed by atoms with van der Waals surface area (Å²) >= 11 is 7.48. The highest BCUT2D eigenvalue weighted by Crippen LogP contribution is 2.28. The van der Waals surface area contributed by atoms with Crippen molar-refractivity contribution in [2.75, 3.05) is 0 Å². The van der Waals surface area contributed by atoms with E-state index in [4.69, 9.17) is 11.6 Å². The van der Waals surface area contributed by atoms with Crippen LogP contribution < -0.4 is 10.6 Å². The predicted molar refractivity (Wildman–Crippen MR) is 104 cm³/mol. The SMILES string of the molecule is Cc1sc(CNC(=O)C(C)NC(=O)C2CCC2)nc1-c1ccc(Cl)cc1. The van der Waals surface area contributed by atoms with Crippen LogP contribution in [-0.4, -0.2) is 22.8 Å². The Labute approximate surface area is 162 Å². The summed E-state index contributed by atoms with van der Waals surface area (Å²) in [6.45, 7) is 4.06. The molecule has 3 rings (SSSR count). The molecule has 2 amide bonds. The molecule has 0 aliphatic heterocycles. The first-order valence-electron chi connectivity index (χ1n) is 8.74. The van der Waals surface area contributed by atoms with E-state index in [1.807, 2.05) is 31.2 Å². The Kier molecular flexibility index (Phi) is 5.94. The second-order valence-corrected chi connectivity index (χ2v) is 8.32. The van der Waals surface area contributed by atoms with Gasteiger partial charge in [-0.1, -0.05) is 30.2 Å². The van der Waals surface area contributed by atoms with Crippen LogP contribution >= 0.6 is 22.9 Å². The van der Waals surface area contributed by atoms with E-state index in [1.54, 1.807) is 18.3 Å². The minimum atomic E-state index is -0.542. The first-order valence-corrected chi connectivity index (χ1v) is 9.94. The highest BCUT2D eigenvalue weighted by Gasteiger charge is 2.27. The molecule has 0 radical (unpaired) electrons. The van der Waals surface area contributed by atoms with E-state index in [9.17, 15) is 9.59 Å². The number of hydrogen-bond acceptors (Lipinski definition) is 4. The zero-order valence-corrected chi connectivity index (χ0v) is 16.4. The lowest BCUT2D eigenvalue weighted by Gasteiger charge is -2.25. The molecule has 1 aliphatic rings. The minimum absolute atomic E-state index is 0.0194. The number of thiazole rings is 1. The number of aromatic nitrogens is 1. The van der Waals surface area contributed by atoms with E-state index in [-0.39, 0.29) is 17.7 Å². The third kappa shape index (κ3) is 4.43. The number of carbonyl (C=O) groups is 2. The Bertz CT molecular complexity index is 800. The van der Waals surface area contributed by atoms with Gasteiger partial charge in [0.25, 0.3) is 0 Å². The van der Waals surface area contributed by atoms with Gasteiger partial charge < -0.3 is 10.6 Å². The van der Waals surface area contributed by atoms with Gasteiger partial charge in [-0.3, -0.25) is 9.59 Å². The fourth-order valence-electron chi connectivity index (χ4n) is 2.79. The Morgan fingerprint density at radius 1 is 1.31 bits per heavy atom. The van der Waals surface area contributed by atoms with Crippen LogP contribution in [0.2, 0.25) is 5.02 Å². The monoisotopic (exact) mass is 391 g/mol. The maximum absolute atomic E-state index is 12.2. The van der Waals surface area contributed by atoms with Crippen molar-refractivity contribution >= 4 is 34.8 Å². The fraction of sp³-hybridized carbons (Fsp3) is 0.421. The van der Waals surface area contributed by atoms with E-state index < -0.39 is 6.04 Å². The van der Waals surface area contributed by atoms with Gasteiger partial charge in [-0.2, -0.15) is 0 Å². The van der Waals surface area contributed by atoms with Gasteiger partial charge in [0.2, 0.25) is 11.8 Å². The molecule has 2 N–H and O–H groups in total. The molecular weight excluding hydrogens is 370 g/mol. The molecule has 0 saturated heterocycles. The van der Waals surface area contributed by atoms with Crippen LogP contribution in [-0.2, 0) is 16.1 Å². The molecule has 1 aliphatic carbocycles. The van der Waals surface area contributed by atoms with Crippen molar-refractivity contribution in [1.29, 1.82) is 0 Å². The molecule has 0 bridgehead atoms. The normalized spacial score (nSPS) is 15.2. The van der Waals surface area contributed by atoms with Gasteiger partial charge in [0.05, 0.1) is 12.2 Å². The average molecular weight is 392 g/mol. The number of benzene rings is 1. The highest BCUT2D eigenvalue weighted by atomic mass is 35.5. The highest BCUT2D eigenvalue weighted by molar-refractivity contribution is 7.12. The smallest absolute Gasteiger partial charge is 0.242 e. The van der Waals surface area contributed by atoms with Gasteiger partial charge in [0.1, 0.15) is 11.0 Å². The molecule has 1 heterocycles. The van der Waals surface area contributed by atoms with Crippen LogP contribution in [0.5, 0.6) is 0 Å². The summed E-state index contributed by atoms with van der Waals surface area (Å²) in [6.07, 6.45) is 2.94.